The first-order valence-electron chi connectivity index (χ1n) is 12.1. The number of hydrogen-bond donors (Lipinski definition) is 1. The first-order chi connectivity index (χ1) is 17.8. The van der Waals surface area contributed by atoms with Crippen LogP contribution >= 0.6 is 0 Å². The van der Waals surface area contributed by atoms with Crippen LogP contribution in [0.25, 0.3) is 21.9 Å². The fraction of sp³-hybridized carbons (Fsp3) is 0. The Morgan fingerprint density at radius 1 is 0.389 bits per heavy atom. The van der Waals surface area contributed by atoms with Crippen LogP contribution in [-0.4, -0.2) is 0 Å². The van der Waals surface area contributed by atoms with Crippen LogP contribution in [0.1, 0.15) is 0 Å². The Labute approximate surface area is 212 Å². The Hall–Kier alpha value is -4.82. The number of nitrogens with zero attached hydrogens (tertiary/aromatic N) is 1. The molecule has 0 aromatic heterocycles. The van der Waals surface area contributed by atoms with Crippen LogP contribution < -0.4 is 10.6 Å². The maximum absolute atomic E-state index is 5.36. The van der Waals surface area contributed by atoms with Crippen molar-refractivity contribution in [2.75, 3.05) is 10.6 Å². The molecule has 0 unspecified atom stereocenters. The van der Waals surface area contributed by atoms with Crippen molar-refractivity contribution in [2.45, 2.75) is 0 Å². The monoisotopic (exact) mass is 464 g/mol. The number of fused-ring (bicyclic) bond motifs is 1. The van der Waals surface area contributed by atoms with E-state index in [1.807, 2.05) is 30.3 Å². The second kappa shape index (κ2) is 11.1. The van der Waals surface area contributed by atoms with Crippen LogP contribution in [0.15, 0.2) is 158 Å². The molecule has 2 N–H and O–H groups in total. The number of anilines is 4. The number of nitrogen functional groups attached to an aromatic ring is 1. The quantitative estimate of drug-likeness (QED) is 0.263. The molecule has 36 heavy (non-hydrogen) atoms. The van der Waals surface area contributed by atoms with Crippen molar-refractivity contribution < 1.29 is 0 Å². The molecule has 0 heterocycles. The molecule has 0 spiro atoms. The van der Waals surface area contributed by atoms with E-state index < -0.39 is 0 Å². The molecular weight excluding hydrogens is 436 g/mol. The summed E-state index contributed by atoms with van der Waals surface area (Å²) in [6.45, 7) is 0. The van der Waals surface area contributed by atoms with E-state index in [0.717, 1.165) is 17.1 Å². The highest BCUT2D eigenvalue weighted by molar-refractivity contribution is 5.98. The van der Waals surface area contributed by atoms with Gasteiger partial charge >= 0.3 is 0 Å². The number of hydrogen-bond acceptors (Lipinski definition) is 2. The van der Waals surface area contributed by atoms with Gasteiger partial charge in [-0.25, -0.2) is 0 Å². The smallest absolute Gasteiger partial charge is 0.0540 e. The van der Waals surface area contributed by atoms with Gasteiger partial charge in [0.25, 0.3) is 0 Å². The molecule has 0 saturated carbocycles. The van der Waals surface area contributed by atoms with E-state index in [2.05, 4.69) is 132 Å². The molecule has 2 nitrogen and oxygen atoms in total. The summed E-state index contributed by atoms with van der Waals surface area (Å²) < 4.78 is 0. The lowest BCUT2D eigenvalue weighted by Crippen LogP contribution is -2.10. The van der Waals surface area contributed by atoms with Crippen LogP contribution in [0.4, 0.5) is 22.7 Å². The van der Waals surface area contributed by atoms with Gasteiger partial charge in [-0.3, -0.25) is 0 Å². The van der Waals surface area contributed by atoms with Crippen LogP contribution in [0.5, 0.6) is 0 Å². The van der Waals surface area contributed by atoms with Gasteiger partial charge in [-0.05, 0) is 59.0 Å². The van der Waals surface area contributed by atoms with E-state index in [-0.39, 0.29) is 0 Å². The van der Waals surface area contributed by atoms with Crippen LogP contribution in [0.2, 0.25) is 0 Å². The maximum atomic E-state index is 5.36. The van der Waals surface area contributed by atoms with Crippen molar-refractivity contribution in [3.63, 3.8) is 0 Å². The summed E-state index contributed by atoms with van der Waals surface area (Å²) in [6, 6.07) is 54.4. The minimum absolute atomic E-state index is 0.822. The number of rotatable bonds is 4. The zero-order valence-electron chi connectivity index (χ0n) is 20.0. The average Bonchev–Trinajstić information content (AvgIpc) is 2.96. The summed E-state index contributed by atoms with van der Waals surface area (Å²) in [5.41, 5.74) is 12.1. The second-order valence-corrected chi connectivity index (χ2v) is 8.49. The molecule has 174 valence electrons. The Morgan fingerprint density at radius 2 is 0.889 bits per heavy atom. The summed E-state index contributed by atoms with van der Waals surface area (Å²) in [4.78, 5) is 2.33. The predicted molar refractivity (Wildman–Crippen MR) is 155 cm³/mol. The van der Waals surface area contributed by atoms with Crippen LogP contribution in [0.3, 0.4) is 0 Å². The normalized spacial score (nSPS) is 10.3. The van der Waals surface area contributed by atoms with Gasteiger partial charge in [-0.2, -0.15) is 0 Å². The van der Waals surface area contributed by atoms with Crippen molar-refractivity contribution >= 4 is 33.5 Å². The summed E-state index contributed by atoms with van der Waals surface area (Å²) in [5.74, 6) is 0. The van der Waals surface area contributed by atoms with E-state index in [9.17, 15) is 0 Å². The first-order valence-corrected chi connectivity index (χ1v) is 12.1. The van der Waals surface area contributed by atoms with Crippen molar-refractivity contribution in [1.82, 2.24) is 0 Å². The fourth-order valence-corrected chi connectivity index (χ4v) is 4.29. The Balaban J connectivity index is 0.000000330. The first kappa shape index (κ1) is 22.9. The van der Waals surface area contributed by atoms with Gasteiger partial charge in [0.15, 0.2) is 0 Å². The number of nitrogens with two attached hydrogens (primary N) is 1. The van der Waals surface area contributed by atoms with E-state index in [0.29, 0.717) is 0 Å². The van der Waals surface area contributed by atoms with E-state index in [1.54, 1.807) is 0 Å². The maximum Gasteiger partial charge on any atom is 0.0540 e. The summed E-state index contributed by atoms with van der Waals surface area (Å²) in [6.07, 6.45) is 0. The van der Waals surface area contributed by atoms with Crippen molar-refractivity contribution in [3.8, 4) is 11.1 Å². The van der Waals surface area contributed by atoms with E-state index >= 15 is 0 Å². The van der Waals surface area contributed by atoms with Gasteiger partial charge in [0.1, 0.15) is 0 Å². The minimum Gasteiger partial charge on any atom is -0.399 e. The Bertz CT molecular complexity index is 1510. The molecule has 0 saturated heterocycles. The molecule has 0 aliphatic rings. The highest BCUT2D eigenvalue weighted by atomic mass is 15.1. The third-order valence-electron chi connectivity index (χ3n) is 6.05. The highest BCUT2D eigenvalue weighted by Crippen LogP contribution is 2.39. The zero-order valence-corrected chi connectivity index (χ0v) is 20.0. The molecule has 0 atom stereocenters. The Morgan fingerprint density at radius 3 is 1.53 bits per heavy atom. The minimum atomic E-state index is 0.822. The molecule has 0 aliphatic heterocycles. The van der Waals surface area contributed by atoms with Crippen molar-refractivity contribution in [1.29, 1.82) is 0 Å². The van der Waals surface area contributed by atoms with Gasteiger partial charge in [-0.15, -0.1) is 0 Å². The molecule has 2 heteroatoms. The number of para-hydroxylation sites is 2. The topological polar surface area (TPSA) is 29.3 Å². The Kier molecular flexibility index (Phi) is 7.06. The molecule has 0 fully saturated rings. The molecular formula is C34H28N2. The standard InChI is InChI=1S/C28H21N.C6H7N/c1-3-10-22(11-4-1)23-18-20-26(21-19-23)29(25-14-5-2-6-15-25)28-17-9-13-24-12-7-8-16-27(24)28;7-6-4-2-1-3-5-6/h1-21H;1-5H,7H2. The molecule has 6 rings (SSSR count). The lowest BCUT2D eigenvalue weighted by molar-refractivity contribution is 1.30. The lowest BCUT2D eigenvalue weighted by atomic mass is 10.0. The zero-order chi connectivity index (χ0) is 24.6. The molecule has 0 bridgehead atoms. The molecule has 6 aromatic rings. The highest BCUT2D eigenvalue weighted by Gasteiger charge is 2.14. The average molecular weight is 465 g/mol. The van der Waals surface area contributed by atoms with Gasteiger partial charge in [0.2, 0.25) is 0 Å². The van der Waals surface area contributed by atoms with Gasteiger partial charge in [-0.1, -0.05) is 115 Å². The van der Waals surface area contributed by atoms with E-state index in [1.165, 1.54) is 27.6 Å². The second-order valence-electron chi connectivity index (χ2n) is 8.49. The largest absolute Gasteiger partial charge is 0.399 e. The van der Waals surface area contributed by atoms with E-state index in [4.69, 9.17) is 5.73 Å². The molecule has 6 aromatic carbocycles. The third-order valence-corrected chi connectivity index (χ3v) is 6.05. The SMILES string of the molecule is Nc1ccccc1.c1ccc(-c2ccc(N(c3ccccc3)c3cccc4ccccc34)cc2)cc1. The third kappa shape index (κ3) is 5.29. The summed E-state index contributed by atoms with van der Waals surface area (Å²) in [5, 5.41) is 2.48. The molecule has 0 amide bonds. The fourth-order valence-electron chi connectivity index (χ4n) is 4.29. The van der Waals surface area contributed by atoms with Crippen molar-refractivity contribution in [2.24, 2.45) is 0 Å². The van der Waals surface area contributed by atoms with Gasteiger partial charge in [0, 0.05) is 22.4 Å². The summed E-state index contributed by atoms with van der Waals surface area (Å²) >= 11 is 0. The summed E-state index contributed by atoms with van der Waals surface area (Å²) in [7, 11) is 0. The van der Waals surface area contributed by atoms with Gasteiger partial charge < -0.3 is 10.6 Å². The van der Waals surface area contributed by atoms with Gasteiger partial charge in [0.05, 0.1) is 5.69 Å². The molecule has 0 radical (unpaired) electrons. The van der Waals surface area contributed by atoms with Crippen LogP contribution in [0, 0.1) is 0 Å². The van der Waals surface area contributed by atoms with Crippen LogP contribution in [-0.2, 0) is 0 Å². The predicted octanol–water partition coefficient (Wildman–Crippen LogP) is 9.25. The van der Waals surface area contributed by atoms with Crippen molar-refractivity contribution in [3.05, 3.63) is 158 Å². The molecule has 0 aliphatic carbocycles. The lowest BCUT2D eigenvalue weighted by Gasteiger charge is -2.27. The number of benzene rings is 6.